The molecule has 1 aliphatic carbocycles. The minimum Gasteiger partial charge on any atom is -0.383 e. The molecule has 9 heteroatoms. The van der Waals surface area contributed by atoms with Gasteiger partial charge >= 0.3 is 0 Å². The van der Waals surface area contributed by atoms with E-state index in [4.69, 9.17) is 16.3 Å². The normalized spacial score (nSPS) is 14.7. The first-order valence-corrected chi connectivity index (χ1v) is 13.5. The van der Waals surface area contributed by atoms with Crippen LogP contribution < -0.4 is 10.6 Å². The Balaban J connectivity index is 1.83. The van der Waals surface area contributed by atoms with E-state index in [2.05, 4.69) is 15.6 Å². The first-order chi connectivity index (χ1) is 18.4. The predicted octanol–water partition coefficient (Wildman–Crippen LogP) is 4.74. The van der Waals surface area contributed by atoms with Gasteiger partial charge in [0.15, 0.2) is 0 Å². The third-order valence-corrected chi connectivity index (χ3v) is 7.24. The highest BCUT2D eigenvalue weighted by atomic mass is 35.5. The van der Waals surface area contributed by atoms with Crippen molar-refractivity contribution in [3.8, 4) is 0 Å². The minimum absolute atomic E-state index is 0.0305. The second-order valence-corrected chi connectivity index (χ2v) is 10.2. The number of amides is 3. The third-order valence-electron chi connectivity index (χ3n) is 7.00. The van der Waals surface area contributed by atoms with Crippen LogP contribution in [0.25, 0.3) is 10.9 Å². The number of methoxy groups -OCH3 is 1. The van der Waals surface area contributed by atoms with Crippen LogP contribution in [0.5, 0.6) is 0 Å². The van der Waals surface area contributed by atoms with Crippen LogP contribution in [-0.2, 0) is 20.9 Å². The van der Waals surface area contributed by atoms with E-state index < -0.39 is 6.04 Å². The van der Waals surface area contributed by atoms with Gasteiger partial charge in [-0.25, -0.2) is 0 Å². The molecular formula is C29H35ClN4O4. The number of benzene rings is 2. The second kappa shape index (κ2) is 12.9. The standard InChI is InChI=1S/C29H35ClN4O4/c1-19(35)34(18-20-9-5-3-6-10-20)27(29(37)32-22-11-7-4-8-12-22)25-23-14-13-21(30)17-24(23)33-26(25)28(36)31-15-16-38-2/h3,5-6,9-10,13-14,17,22,27,33H,4,7-8,11-12,15-16,18H2,1-2H3,(H,31,36)(H,32,37). The molecule has 3 aromatic rings. The highest BCUT2D eigenvalue weighted by Gasteiger charge is 2.37. The molecule has 0 aliphatic heterocycles. The Kier molecular flexibility index (Phi) is 9.42. The van der Waals surface area contributed by atoms with Crippen molar-refractivity contribution in [2.45, 2.75) is 57.7 Å². The molecule has 0 radical (unpaired) electrons. The molecule has 3 amide bonds. The summed E-state index contributed by atoms with van der Waals surface area (Å²) >= 11 is 6.27. The topological polar surface area (TPSA) is 104 Å². The average molecular weight is 539 g/mol. The Morgan fingerprint density at radius 1 is 1.11 bits per heavy atom. The van der Waals surface area contributed by atoms with E-state index in [0.29, 0.717) is 34.6 Å². The maximum absolute atomic E-state index is 14.1. The van der Waals surface area contributed by atoms with E-state index in [1.165, 1.54) is 11.8 Å². The SMILES string of the molecule is COCCNC(=O)c1[nH]c2cc(Cl)ccc2c1C(C(=O)NC1CCCCC1)N(Cc1ccccc1)C(C)=O. The molecule has 0 spiro atoms. The fraction of sp³-hybridized carbons (Fsp3) is 0.414. The molecule has 3 N–H and O–H groups in total. The number of carbonyl (C=O) groups is 3. The van der Waals surface area contributed by atoms with Gasteiger partial charge in [0.2, 0.25) is 11.8 Å². The molecule has 1 unspecified atom stereocenters. The lowest BCUT2D eigenvalue weighted by molar-refractivity contribution is -0.140. The van der Waals surface area contributed by atoms with Crippen LogP contribution in [0.4, 0.5) is 0 Å². The number of rotatable bonds is 10. The summed E-state index contributed by atoms with van der Waals surface area (Å²) in [6.45, 7) is 2.30. The van der Waals surface area contributed by atoms with Gasteiger partial charge in [0.25, 0.3) is 5.91 Å². The summed E-state index contributed by atoms with van der Waals surface area (Å²) in [7, 11) is 1.56. The summed E-state index contributed by atoms with van der Waals surface area (Å²) in [6.07, 6.45) is 5.04. The molecule has 1 aliphatic rings. The number of hydrogen-bond donors (Lipinski definition) is 3. The van der Waals surface area contributed by atoms with Gasteiger partial charge in [-0.05, 0) is 30.5 Å². The predicted molar refractivity (Wildman–Crippen MR) is 148 cm³/mol. The first-order valence-electron chi connectivity index (χ1n) is 13.1. The monoisotopic (exact) mass is 538 g/mol. The summed E-state index contributed by atoms with van der Waals surface area (Å²) in [6, 6.07) is 13.8. The molecule has 4 rings (SSSR count). The fourth-order valence-electron chi connectivity index (χ4n) is 5.13. The number of aromatic nitrogens is 1. The van der Waals surface area contributed by atoms with Crippen molar-refractivity contribution in [3.63, 3.8) is 0 Å². The number of nitrogens with one attached hydrogen (secondary N) is 3. The van der Waals surface area contributed by atoms with Crippen molar-refractivity contribution in [1.29, 1.82) is 0 Å². The molecule has 1 heterocycles. The molecule has 202 valence electrons. The van der Waals surface area contributed by atoms with Crippen molar-refractivity contribution < 1.29 is 19.1 Å². The van der Waals surface area contributed by atoms with E-state index in [1.807, 2.05) is 30.3 Å². The molecule has 0 bridgehead atoms. The van der Waals surface area contributed by atoms with Crippen molar-refractivity contribution in [1.82, 2.24) is 20.5 Å². The Bertz CT molecular complexity index is 1270. The number of nitrogens with zero attached hydrogens (tertiary/aromatic N) is 1. The Morgan fingerprint density at radius 3 is 2.53 bits per heavy atom. The van der Waals surface area contributed by atoms with Crippen molar-refractivity contribution in [2.24, 2.45) is 0 Å². The van der Waals surface area contributed by atoms with E-state index in [0.717, 1.165) is 37.7 Å². The zero-order chi connectivity index (χ0) is 27.1. The molecule has 1 aromatic heterocycles. The molecule has 38 heavy (non-hydrogen) atoms. The van der Waals surface area contributed by atoms with Crippen LogP contribution >= 0.6 is 11.6 Å². The van der Waals surface area contributed by atoms with Crippen LogP contribution in [-0.4, -0.2) is 53.9 Å². The number of carbonyl (C=O) groups excluding carboxylic acids is 3. The number of halogens is 1. The maximum atomic E-state index is 14.1. The fourth-order valence-corrected chi connectivity index (χ4v) is 5.30. The van der Waals surface area contributed by atoms with Gasteiger partial charge < -0.3 is 25.3 Å². The van der Waals surface area contributed by atoms with Crippen molar-refractivity contribution in [3.05, 3.63) is 70.4 Å². The zero-order valence-electron chi connectivity index (χ0n) is 21.9. The van der Waals surface area contributed by atoms with Crippen LogP contribution in [0, 0.1) is 0 Å². The minimum atomic E-state index is -1.03. The maximum Gasteiger partial charge on any atom is 0.268 e. The van der Waals surface area contributed by atoms with Gasteiger partial charge in [0, 0.05) is 54.7 Å². The Hall–Kier alpha value is -3.36. The summed E-state index contributed by atoms with van der Waals surface area (Å²) in [5.74, 6) is -0.959. The lowest BCUT2D eigenvalue weighted by Crippen LogP contribution is -2.47. The third kappa shape index (κ3) is 6.55. The van der Waals surface area contributed by atoms with Crippen LogP contribution in [0.15, 0.2) is 48.5 Å². The first kappa shape index (κ1) is 27.7. The highest BCUT2D eigenvalue weighted by Crippen LogP contribution is 2.35. The van der Waals surface area contributed by atoms with Crippen molar-refractivity contribution in [2.75, 3.05) is 20.3 Å². The lowest BCUT2D eigenvalue weighted by Gasteiger charge is -2.33. The van der Waals surface area contributed by atoms with Gasteiger partial charge in [0.05, 0.1) is 6.61 Å². The summed E-state index contributed by atoms with van der Waals surface area (Å²) < 4.78 is 5.08. The van der Waals surface area contributed by atoms with E-state index >= 15 is 0 Å². The van der Waals surface area contributed by atoms with Crippen LogP contribution in [0.2, 0.25) is 5.02 Å². The van der Waals surface area contributed by atoms with Gasteiger partial charge in [-0.15, -0.1) is 0 Å². The molecule has 0 saturated heterocycles. The smallest absolute Gasteiger partial charge is 0.268 e. The van der Waals surface area contributed by atoms with Crippen molar-refractivity contribution >= 4 is 40.2 Å². The van der Waals surface area contributed by atoms with E-state index in [1.54, 1.807) is 25.3 Å². The number of hydrogen-bond acceptors (Lipinski definition) is 4. The van der Waals surface area contributed by atoms with Gasteiger partial charge in [0.1, 0.15) is 11.7 Å². The average Bonchev–Trinajstić information content (AvgIpc) is 3.27. The molecule has 8 nitrogen and oxygen atoms in total. The van der Waals surface area contributed by atoms with Gasteiger partial charge in [-0.1, -0.05) is 67.3 Å². The van der Waals surface area contributed by atoms with Gasteiger partial charge in [-0.3, -0.25) is 14.4 Å². The lowest BCUT2D eigenvalue weighted by atomic mass is 9.94. The zero-order valence-corrected chi connectivity index (χ0v) is 22.6. The largest absolute Gasteiger partial charge is 0.383 e. The second-order valence-electron chi connectivity index (χ2n) is 9.73. The van der Waals surface area contributed by atoms with E-state index in [9.17, 15) is 14.4 Å². The summed E-state index contributed by atoms with van der Waals surface area (Å²) in [4.78, 5) is 45.4. The Labute approximate surface area is 228 Å². The molecule has 2 aromatic carbocycles. The number of fused-ring (bicyclic) bond motifs is 1. The molecule has 1 fully saturated rings. The number of ether oxygens (including phenoxy) is 1. The Morgan fingerprint density at radius 2 is 1.84 bits per heavy atom. The molecular weight excluding hydrogens is 504 g/mol. The molecule has 1 saturated carbocycles. The molecule has 1 atom stereocenters. The van der Waals surface area contributed by atoms with E-state index in [-0.39, 0.29) is 36.0 Å². The number of H-pyrrole nitrogens is 1. The quantitative estimate of drug-likeness (QED) is 0.324. The van der Waals surface area contributed by atoms with Crippen LogP contribution in [0.1, 0.15) is 66.7 Å². The summed E-state index contributed by atoms with van der Waals surface area (Å²) in [5.41, 5.74) is 2.17. The number of aromatic amines is 1. The summed E-state index contributed by atoms with van der Waals surface area (Å²) in [5, 5.41) is 7.20. The van der Waals surface area contributed by atoms with Crippen LogP contribution in [0.3, 0.4) is 0 Å². The van der Waals surface area contributed by atoms with Gasteiger partial charge in [-0.2, -0.15) is 0 Å². The highest BCUT2D eigenvalue weighted by molar-refractivity contribution is 6.31.